The maximum absolute atomic E-state index is 12.1. The molecule has 0 saturated carbocycles. The molecule has 0 bridgehead atoms. The number of halogens is 2. The van der Waals surface area contributed by atoms with E-state index < -0.39 is 6.61 Å². The van der Waals surface area contributed by atoms with E-state index in [0.29, 0.717) is 18.8 Å². The molecule has 0 aliphatic carbocycles. The van der Waals surface area contributed by atoms with Crippen molar-refractivity contribution >= 4 is 11.7 Å². The molecule has 27 heavy (non-hydrogen) atoms. The predicted molar refractivity (Wildman–Crippen MR) is 97.8 cm³/mol. The monoisotopic (exact) mass is 371 g/mol. The Morgan fingerprint density at radius 3 is 2.48 bits per heavy atom. The Hall–Kier alpha value is -3.22. The van der Waals surface area contributed by atoms with Crippen molar-refractivity contribution in [1.82, 2.24) is 9.78 Å². The van der Waals surface area contributed by atoms with Gasteiger partial charge in [-0.3, -0.25) is 9.48 Å². The van der Waals surface area contributed by atoms with Crippen molar-refractivity contribution in [2.75, 3.05) is 5.32 Å². The molecule has 0 atom stereocenters. The molecular weight excluding hydrogens is 352 g/mol. The molecule has 0 aliphatic rings. The molecule has 0 unspecified atom stereocenters. The fourth-order valence-corrected chi connectivity index (χ4v) is 2.59. The normalized spacial score (nSPS) is 10.8. The number of carbonyl (C=O) groups excluding carboxylic acids is 1. The van der Waals surface area contributed by atoms with Crippen molar-refractivity contribution in [1.29, 1.82) is 0 Å². The number of carbonyl (C=O) groups is 1. The zero-order valence-corrected chi connectivity index (χ0v) is 14.5. The minimum absolute atomic E-state index is 0.0992. The highest BCUT2D eigenvalue weighted by atomic mass is 19.3. The smallest absolute Gasteiger partial charge is 0.387 e. The van der Waals surface area contributed by atoms with Gasteiger partial charge in [0.2, 0.25) is 5.91 Å². The van der Waals surface area contributed by atoms with Crippen LogP contribution >= 0.6 is 0 Å². The van der Waals surface area contributed by atoms with Gasteiger partial charge in [0.1, 0.15) is 5.75 Å². The Morgan fingerprint density at radius 1 is 1.04 bits per heavy atom. The average Bonchev–Trinajstić information content (AvgIpc) is 3.08. The van der Waals surface area contributed by atoms with Gasteiger partial charge in [0.25, 0.3) is 0 Å². The van der Waals surface area contributed by atoms with Crippen LogP contribution in [0.25, 0.3) is 0 Å². The van der Waals surface area contributed by atoms with Gasteiger partial charge in [-0.15, -0.1) is 0 Å². The lowest BCUT2D eigenvalue weighted by molar-refractivity contribution is -0.116. The summed E-state index contributed by atoms with van der Waals surface area (Å²) >= 11 is 0. The Balaban J connectivity index is 1.47. The number of ether oxygens (including phenoxy) is 1. The third-order valence-electron chi connectivity index (χ3n) is 3.88. The molecule has 0 fully saturated rings. The molecule has 5 nitrogen and oxygen atoms in total. The number of hydrogen-bond acceptors (Lipinski definition) is 3. The van der Waals surface area contributed by atoms with Gasteiger partial charge < -0.3 is 10.1 Å². The zero-order valence-electron chi connectivity index (χ0n) is 14.5. The first kappa shape index (κ1) is 18.6. The molecule has 0 saturated heterocycles. The van der Waals surface area contributed by atoms with E-state index in [-0.39, 0.29) is 18.1 Å². The molecule has 140 valence electrons. The number of hydrogen-bond donors (Lipinski definition) is 1. The number of amides is 1. The SMILES string of the molecule is O=C(CCc1ccc(OC(F)F)cc1)Nc1ccn(Cc2ccccc2)n1. The van der Waals surface area contributed by atoms with Gasteiger partial charge in [0, 0.05) is 18.7 Å². The second kappa shape index (κ2) is 8.93. The first-order valence-electron chi connectivity index (χ1n) is 8.49. The lowest BCUT2D eigenvalue weighted by atomic mass is 10.1. The van der Waals surface area contributed by atoms with Crippen LogP contribution in [0.1, 0.15) is 17.5 Å². The van der Waals surface area contributed by atoms with Gasteiger partial charge in [-0.25, -0.2) is 0 Å². The zero-order chi connectivity index (χ0) is 19.1. The third kappa shape index (κ3) is 5.91. The van der Waals surface area contributed by atoms with E-state index >= 15 is 0 Å². The summed E-state index contributed by atoms with van der Waals surface area (Å²) in [5.74, 6) is 0.437. The quantitative estimate of drug-likeness (QED) is 0.648. The van der Waals surface area contributed by atoms with Crippen molar-refractivity contribution in [3.8, 4) is 5.75 Å². The van der Waals surface area contributed by atoms with Crippen LogP contribution < -0.4 is 10.1 Å². The number of aromatic nitrogens is 2. The number of nitrogens with zero attached hydrogens (tertiary/aromatic N) is 2. The molecule has 3 rings (SSSR count). The molecule has 1 amide bonds. The summed E-state index contributed by atoms with van der Waals surface area (Å²) in [6.45, 7) is -2.22. The van der Waals surface area contributed by atoms with E-state index in [1.165, 1.54) is 12.1 Å². The molecule has 1 aromatic heterocycles. The minimum Gasteiger partial charge on any atom is -0.435 e. The number of benzene rings is 2. The average molecular weight is 371 g/mol. The number of aryl methyl sites for hydroxylation is 1. The summed E-state index contributed by atoms with van der Waals surface area (Å²) in [7, 11) is 0. The molecule has 0 aliphatic heterocycles. The van der Waals surface area contributed by atoms with E-state index in [1.54, 1.807) is 22.9 Å². The number of nitrogens with one attached hydrogen (secondary N) is 1. The van der Waals surface area contributed by atoms with E-state index in [1.807, 2.05) is 36.5 Å². The maximum atomic E-state index is 12.1. The highest BCUT2D eigenvalue weighted by Gasteiger charge is 2.07. The van der Waals surface area contributed by atoms with E-state index in [2.05, 4.69) is 15.2 Å². The second-order valence-corrected chi connectivity index (χ2v) is 5.95. The number of anilines is 1. The number of rotatable bonds is 8. The fraction of sp³-hybridized carbons (Fsp3) is 0.200. The molecule has 1 N–H and O–H groups in total. The summed E-state index contributed by atoms with van der Waals surface area (Å²) in [4.78, 5) is 12.1. The summed E-state index contributed by atoms with van der Waals surface area (Å²) in [5, 5.41) is 7.10. The molecule has 1 heterocycles. The summed E-state index contributed by atoms with van der Waals surface area (Å²) in [5.41, 5.74) is 1.99. The molecule has 2 aromatic carbocycles. The minimum atomic E-state index is -2.84. The Bertz CT molecular complexity index is 864. The topological polar surface area (TPSA) is 56.1 Å². The van der Waals surface area contributed by atoms with Crippen molar-refractivity contribution in [2.45, 2.75) is 26.0 Å². The predicted octanol–water partition coefficient (Wildman–Crippen LogP) is 4.10. The van der Waals surface area contributed by atoms with Crippen molar-refractivity contribution < 1.29 is 18.3 Å². The van der Waals surface area contributed by atoms with Crippen molar-refractivity contribution in [3.05, 3.63) is 78.0 Å². The van der Waals surface area contributed by atoms with Crippen molar-refractivity contribution in [2.24, 2.45) is 0 Å². The van der Waals surface area contributed by atoms with Crippen LogP contribution in [-0.4, -0.2) is 22.3 Å². The van der Waals surface area contributed by atoms with E-state index in [9.17, 15) is 13.6 Å². The first-order chi connectivity index (χ1) is 13.1. The lowest BCUT2D eigenvalue weighted by Crippen LogP contribution is -2.13. The van der Waals surface area contributed by atoms with E-state index in [4.69, 9.17) is 0 Å². The highest BCUT2D eigenvalue weighted by Crippen LogP contribution is 2.16. The van der Waals surface area contributed by atoms with Crippen LogP contribution in [0.2, 0.25) is 0 Å². The Kier molecular flexibility index (Phi) is 6.14. The Labute approximate surface area is 155 Å². The third-order valence-corrected chi connectivity index (χ3v) is 3.88. The van der Waals surface area contributed by atoms with Gasteiger partial charge in [0.15, 0.2) is 5.82 Å². The lowest BCUT2D eigenvalue weighted by Gasteiger charge is -2.06. The van der Waals surface area contributed by atoms with Gasteiger partial charge in [-0.1, -0.05) is 42.5 Å². The highest BCUT2D eigenvalue weighted by molar-refractivity contribution is 5.89. The summed E-state index contributed by atoms with van der Waals surface area (Å²) in [6.07, 6.45) is 2.57. The molecule has 0 radical (unpaired) electrons. The molecule has 3 aromatic rings. The summed E-state index contributed by atoms with van der Waals surface area (Å²) < 4.78 is 30.3. The Morgan fingerprint density at radius 2 is 1.78 bits per heavy atom. The number of alkyl halides is 2. The summed E-state index contributed by atoms with van der Waals surface area (Å²) in [6, 6.07) is 17.9. The van der Waals surface area contributed by atoms with E-state index in [0.717, 1.165) is 11.1 Å². The molecule has 7 heteroatoms. The van der Waals surface area contributed by atoms with Gasteiger partial charge >= 0.3 is 6.61 Å². The van der Waals surface area contributed by atoms with Crippen molar-refractivity contribution in [3.63, 3.8) is 0 Å². The van der Waals surface area contributed by atoms with Crippen LogP contribution in [0.3, 0.4) is 0 Å². The van der Waals surface area contributed by atoms with Crippen LogP contribution in [0.4, 0.5) is 14.6 Å². The van der Waals surface area contributed by atoms with Gasteiger partial charge in [0.05, 0.1) is 6.54 Å². The maximum Gasteiger partial charge on any atom is 0.387 e. The molecular formula is C20H19F2N3O2. The van der Waals surface area contributed by atoms with Crippen LogP contribution in [0.15, 0.2) is 66.9 Å². The fourth-order valence-electron chi connectivity index (χ4n) is 2.59. The van der Waals surface area contributed by atoms with Crippen LogP contribution in [0, 0.1) is 0 Å². The van der Waals surface area contributed by atoms with Gasteiger partial charge in [-0.2, -0.15) is 13.9 Å². The second-order valence-electron chi connectivity index (χ2n) is 5.95. The first-order valence-corrected chi connectivity index (χ1v) is 8.49. The molecule has 0 spiro atoms. The largest absolute Gasteiger partial charge is 0.435 e. The standard InChI is InChI=1S/C20H19F2N3O2/c21-20(22)27-17-9-6-15(7-10-17)8-11-19(26)23-18-12-13-25(24-18)14-16-4-2-1-3-5-16/h1-7,9-10,12-13,20H,8,11,14H2,(H,23,24,26). The van der Waals surface area contributed by atoms with Crippen LogP contribution in [0.5, 0.6) is 5.75 Å². The van der Waals surface area contributed by atoms with Gasteiger partial charge in [-0.05, 0) is 29.7 Å². The van der Waals surface area contributed by atoms with Crippen LogP contribution in [-0.2, 0) is 17.8 Å².